The van der Waals surface area contributed by atoms with Gasteiger partial charge in [0.1, 0.15) is 12.6 Å². The van der Waals surface area contributed by atoms with Gasteiger partial charge in [-0.2, -0.15) is 0 Å². The van der Waals surface area contributed by atoms with Crippen LogP contribution in [0, 0.1) is 0 Å². The maximum atomic E-state index is 13.0. The highest BCUT2D eigenvalue weighted by Crippen LogP contribution is 2.25. The molecule has 0 aromatic heterocycles. The summed E-state index contributed by atoms with van der Waals surface area (Å²) in [5.74, 6) is 0.869. The zero-order valence-corrected chi connectivity index (χ0v) is 15.6. The number of nitrogens with zero attached hydrogens (tertiary/aromatic N) is 3. The number of ether oxygens (including phenoxy) is 1. The van der Waals surface area contributed by atoms with Gasteiger partial charge in [-0.1, -0.05) is 47.7 Å². The molecule has 7 nitrogen and oxygen atoms in total. The first-order valence-corrected chi connectivity index (χ1v) is 9.74. The van der Waals surface area contributed by atoms with Gasteiger partial charge in [-0.3, -0.25) is 9.69 Å². The van der Waals surface area contributed by atoms with Crippen molar-refractivity contribution in [3.8, 4) is 0 Å². The van der Waals surface area contributed by atoms with Crippen LogP contribution in [0.3, 0.4) is 0 Å². The second-order valence-corrected chi connectivity index (χ2v) is 7.52. The van der Waals surface area contributed by atoms with Crippen molar-refractivity contribution in [1.29, 1.82) is 0 Å². The first kappa shape index (κ1) is 18.7. The highest BCUT2D eigenvalue weighted by atomic mass is 32.2. The van der Waals surface area contributed by atoms with E-state index in [4.69, 9.17) is 22.2 Å². The Hall–Kier alpha value is -2.13. The number of thioether (sulfide) groups is 1. The summed E-state index contributed by atoms with van der Waals surface area (Å²) < 4.78 is 5.36. The van der Waals surface area contributed by atoms with Gasteiger partial charge in [0, 0.05) is 17.2 Å². The predicted octanol–water partition coefficient (Wildman–Crippen LogP) is 2.13. The van der Waals surface area contributed by atoms with Crippen molar-refractivity contribution >= 4 is 47.1 Å². The SMILES string of the molecule is O=C(OCc1ccccc1)N1CCC(=S)[C@H]1C(=O)N1CSC[C@H]1C=NO. The Morgan fingerprint density at radius 1 is 1.35 bits per heavy atom. The van der Waals surface area contributed by atoms with E-state index in [1.165, 1.54) is 11.1 Å². The molecule has 1 aromatic carbocycles. The van der Waals surface area contributed by atoms with Crippen molar-refractivity contribution < 1.29 is 19.5 Å². The molecule has 138 valence electrons. The highest BCUT2D eigenvalue weighted by Gasteiger charge is 2.43. The van der Waals surface area contributed by atoms with E-state index >= 15 is 0 Å². The van der Waals surface area contributed by atoms with E-state index in [0.29, 0.717) is 29.5 Å². The zero-order valence-electron chi connectivity index (χ0n) is 14.0. The van der Waals surface area contributed by atoms with Gasteiger partial charge in [0.25, 0.3) is 5.91 Å². The largest absolute Gasteiger partial charge is 0.445 e. The smallest absolute Gasteiger partial charge is 0.411 e. The first-order chi connectivity index (χ1) is 12.6. The van der Waals surface area contributed by atoms with Gasteiger partial charge < -0.3 is 14.8 Å². The lowest BCUT2D eigenvalue weighted by Crippen LogP contribution is -2.52. The summed E-state index contributed by atoms with van der Waals surface area (Å²) in [6, 6.07) is 8.25. The number of carbonyl (C=O) groups is 2. The van der Waals surface area contributed by atoms with Crippen LogP contribution in [0.5, 0.6) is 0 Å². The van der Waals surface area contributed by atoms with Gasteiger partial charge in [-0.25, -0.2) is 4.79 Å². The van der Waals surface area contributed by atoms with Crippen molar-refractivity contribution in [2.75, 3.05) is 18.2 Å². The Bertz CT molecular complexity index is 713. The summed E-state index contributed by atoms with van der Waals surface area (Å²) in [5, 5.41) is 11.8. The number of amides is 2. The Balaban J connectivity index is 1.68. The molecule has 2 heterocycles. The lowest BCUT2D eigenvalue weighted by molar-refractivity contribution is -0.133. The molecule has 1 aromatic rings. The van der Waals surface area contributed by atoms with Crippen LogP contribution in [0.1, 0.15) is 12.0 Å². The van der Waals surface area contributed by atoms with Crippen LogP contribution in [-0.4, -0.2) is 68.3 Å². The van der Waals surface area contributed by atoms with Crippen LogP contribution in [0.15, 0.2) is 35.5 Å². The quantitative estimate of drug-likeness (QED) is 0.365. The molecule has 3 rings (SSSR count). The molecule has 2 aliphatic rings. The van der Waals surface area contributed by atoms with Gasteiger partial charge in [0.05, 0.1) is 18.1 Å². The number of likely N-dealkylation sites (tertiary alicyclic amines) is 1. The fourth-order valence-electron chi connectivity index (χ4n) is 2.98. The molecule has 0 spiro atoms. The van der Waals surface area contributed by atoms with Gasteiger partial charge in [0.2, 0.25) is 0 Å². The number of oxime groups is 1. The first-order valence-electron chi connectivity index (χ1n) is 8.17. The number of hydrogen-bond donors (Lipinski definition) is 1. The average molecular weight is 393 g/mol. The van der Waals surface area contributed by atoms with E-state index in [2.05, 4.69) is 5.16 Å². The van der Waals surface area contributed by atoms with Crippen molar-refractivity contribution in [2.45, 2.75) is 25.1 Å². The molecule has 2 amide bonds. The van der Waals surface area contributed by atoms with E-state index in [1.54, 1.807) is 16.7 Å². The predicted molar refractivity (Wildman–Crippen MR) is 103 cm³/mol. The Labute approximate surface area is 161 Å². The maximum absolute atomic E-state index is 13.0. The van der Waals surface area contributed by atoms with Crippen LogP contribution < -0.4 is 0 Å². The third-order valence-electron chi connectivity index (χ3n) is 4.33. The molecule has 2 fully saturated rings. The molecule has 1 N–H and O–H groups in total. The fraction of sp³-hybridized carbons (Fsp3) is 0.412. The standard InChI is InChI=1S/C17H19N3O4S2/c21-16(20-11-26-10-13(20)8-18-23)15-14(25)6-7-19(15)17(22)24-9-12-4-2-1-3-5-12/h1-5,8,13,15,23H,6-7,9-11H2/t13-,15+/m1/s1. The lowest BCUT2D eigenvalue weighted by atomic mass is 10.1. The number of benzene rings is 1. The Morgan fingerprint density at radius 3 is 2.85 bits per heavy atom. The van der Waals surface area contributed by atoms with E-state index in [9.17, 15) is 9.59 Å². The monoisotopic (exact) mass is 393 g/mol. The van der Waals surface area contributed by atoms with Crippen LogP contribution in [0.2, 0.25) is 0 Å². The second kappa shape index (κ2) is 8.50. The second-order valence-electron chi connectivity index (χ2n) is 5.99. The topological polar surface area (TPSA) is 82.4 Å². The molecule has 0 radical (unpaired) electrons. The summed E-state index contributed by atoms with van der Waals surface area (Å²) in [7, 11) is 0. The number of thiocarbonyl (C=S) groups is 1. The van der Waals surface area contributed by atoms with Gasteiger partial charge in [-0.05, 0) is 12.0 Å². The lowest BCUT2D eigenvalue weighted by Gasteiger charge is -2.29. The minimum absolute atomic E-state index is 0.142. The van der Waals surface area contributed by atoms with Gasteiger partial charge >= 0.3 is 6.09 Å². The fourth-order valence-corrected chi connectivity index (χ4v) is 4.43. The minimum Gasteiger partial charge on any atom is -0.445 e. The molecule has 0 aliphatic carbocycles. The minimum atomic E-state index is -0.804. The molecule has 2 aliphatic heterocycles. The van der Waals surface area contributed by atoms with Crippen molar-refractivity contribution in [3.63, 3.8) is 0 Å². The Kier molecular flexibility index (Phi) is 6.10. The number of hydrogen-bond acceptors (Lipinski definition) is 7. The van der Waals surface area contributed by atoms with Crippen molar-refractivity contribution in [3.05, 3.63) is 35.9 Å². The molecule has 2 atom stereocenters. The molecule has 9 heteroatoms. The number of carbonyl (C=O) groups excluding carboxylic acids is 2. The van der Waals surface area contributed by atoms with Crippen molar-refractivity contribution in [1.82, 2.24) is 9.80 Å². The van der Waals surface area contributed by atoms with Crippen LogP contribution >= 0.6 is 24.0 Å². The van der Waals surface area contributed by atoms with Crippen LogP contribution in [0.25, 0.3) is 0 Å². The molecular formula is C17H19N3O4S2. The van der Waals surface area contributed by atoms with Crippen LogP contribution in [0.4, 0.5) is 4.79 Å². The van der Waals surface area contributed by atoms with Crippen molar-refractivity contribution in [2.24, 2.45) is 5.16 Å². The summed E-state index contributed by atoms with van der Waals surface area (Å²) in [6.07, 6.45) is 1.27. The summed E-state index contributed by atoms with van der Waals surface area (Å²) in [5.41, 5.74) is 0.876. The van der Waals surface area contributed by atoms with Gasteiger partial charge in [0.15, 0.2) is 0 Å². The molecule has 0 unspecified atom stereocenters. The summed E-state index contributed by atoms with van der Waals surface area (Å²) in [6.45, 7) is 0.506. The molecular weight excluding hydrogens is 374 g/mol. The molecule has 26 heavy (non-hydrogen) atoms. The summed E-state index contributed by atoms with van der Waals surface area (Å²) >= 11 is 6.90. The van der Waals surface area contributed by atoms with E-state index in [0.717, 1.165) is 5.56 Å². The zero-order chi connectivity index (χ0) is 18.5. The summed E-state index contributed by atoms with van der Waals surface area (Å²) in [4.78, 5) is 29.0. The highest BCUT2D eigenvalue weighted by molar-refractivity contribution is 7.99. The number of rotatable bonds is 4. The molecule has 0 saturated carbocycles. The molecule has 0 bridgehead atoms. The Morgan fingerprint density at radius 2 is 2.12 bits per heavy atom. The maximum Gasteiger partial charge on any atom is 0.411 e. The normalized spacial score (nSPS) is 23.0. The molecule has 2 saturated heterocycles. The average Bonchev–Trinajstić information content (AvgIpc) is 3.27. The van der Waals surface area contributed by atoms with E-state index in [1.807, 2.05) is 30.3 Å². The third kappa shape index (κ3) is 3.99. The van der Waals surface area contributed by atoms with E-state index in [-0.39, 0.29) is 18.6 Å². The van der Waals surface area contributed by atoms with Gasteiger partial charge in [-0.15, -0.1) is 11.8 Å². The van der Waals surface area contributed by atoms with E-state index < -0.39 is 12.1 Å². The third-order valence-corrected chi connectivity index (χ3v) is 5.80. The van der Waals surface area contributed by atoms with Crippen LogP contribution in [-0.2, 0) is 16.1 Å².